The molecule has 0 saturated carbocycles. The van der Waals surface area contributed by atoms with Gasteiger partial charge in [0.15, 0.2) is 0 Å². The van der Waals surface area contributed by atoms with Crippen LogP contribution in [0.2, 0.25) is 0 Å². The van der Waals surface area contributed by atoms with Crippen molar-refractivity contribution >= 4 is 23.9 Å². The maximum Gasteiger partial charge on any atom is 0.300 e. The molecule has 17 heavy (non-hydrogen) atoms. The quantitative estimate of drug-likeness (QED) is 0.463. The number of hydrogen-bond donors (Lipinski definition) is 4. The van der Waals surface area contributed by atoms with Gasteiger partial charge in [0.25, 0.3) is 23.9 Å². The average Bonchev–Trinajstić information content (AvgIpc) is 1.76. The molecule has 9 heteroatoms. The maximum absolute atomic E-state index is 9.00. The van der Waals surface area contributed by atoms with E-state index in [9.17, 15) is 0 Å². The molecule has 0 unspecified atom stereocenters. The molecule has 0 aromatic heterocycles. The van der Waals surface area contributed by atoms with Gasteiger partial charge in [-0.25, -0.2) is 0 Å². The van der Waals surface area contributed by atoms with Gasteiger partial charge in [0.2, 0.25) is 0 Å². The molecule has 0 aliphatic rings. The van der Waals surface area contributed by atoms with Crippen molar-refractivity contribution in [1.82, 2.24) is 0 Å². The van der Waals surface area contributed by atoms with Crippen molar-refractivity contribution in [2.45, 2.75) is 27.7 Å². The van der Waals surface area contributed by atoms with Gasteiger partial charge in [-0.15, -0.1) is 0 Å². The van der Waals surface area contributed by atoms with E-state index >= 15 is 0 Å². The maximum atomic E-state index is 9.00. The molecule has 0 saturated heterocycles. The van der Waals surface area contributed by atoms with Crippen LogP contribution in [-0.2, 0) is 40.2 Å². The minimum absolute atomic E-state index is 0. The van der Waals surface area contributed by atoms with Gasteiger partial charge >= 0.3 is 0 Å². The largest absolute Gasteiger partial charge is 0.481 e. The Hall–Kier alpha value is -1.43. The van der Waals surface area contributed by atoms with Gasteiger partial charge in [0.05, 0.1) is 0 Å². The van der Waals surface area contributed by atoms with E-state index in [-0.39, 0.29) is 21.1 Å². The first-order valence-corrected chi connectivity index (χ1v) is 3.71. The molecule has 0 aliphatic heterocycles. The molecule has 0 fully saturated rings. The van der Waals surface area contributed by atoms with Gasteiger partial charge in [-0.2, -0.15) is 0 Å². The first-order valence-electron chi connectivity index (χ1n) is 3.71. The normalized spacial score (nSPS) is 5.88. The van der Waals surface area contributed by atoms with Gasteiger partial charge in [-0.3, -0.25) is 19.2 Å². The summed E-state index contributed by atoms with van der Waals surface area (Å²) in [5.74, 6) is -3.33. The van der Waals surface area contributed by atoms with Crippen LogP contribution in [0, 0.1) is 0 Å². The predicted molar refractivity (Wildman–Crippen MR) is 53.2 cm³/mol. The zero-order valence-corrected chi connectivity index (χ0v) is 11.8. The summed E-state index contributed by atoms with van der Waals surface area (Å²) < 4.78 is 0. The number of carbonyl (C=O) groups is 4. The van der Waals surface area contributed by atoms with Crippen LogP contribution in [0.4, 0.5) is 0 Å². The smallest absolute Gasteiger partial charge is 0.300 e. The van der Waals surface area contributed by atoms with Crippen LogP contribution in [0.15, 0.2) is 0 Å². The second kappa shape index (κ2) is 24.0. The molecule has 0 aromatic rings. The first-order chi connectivity index (χ1) is 6.93. The van der Waals surface area contributed by atoms with Crippen molar-refractivity contribution in [3.8, 4) is 0 Å². The van der Waals surface area contributed by atoms with Gasteiger partial charge in [0, 0.05) is 48.8 Å². The number of carboxylic acid groups (broad SMARTS) is 4. The molecule has 0 heterocycles. The van der Waals surface area contributed by atoms with E-state index in [2.05, 4.69) is 0 Å². The molecule has 0 rings (SSSR count). The Balaban J connectivity index is -0.0000000369. The Morgan fingerprint density at radius 3 is 0.529 bits per heavy atom. The molecule has 0 spiro atoms. The van der Waals surface area contributed by atoms with E-state index in [0.717, 1.165) is 27.7 Å². The van der Waals surface area contributed by atoms with Crippen molar-refractivity contribution in [3.05, 3.63) is 0 Å². The van der Waals surface area contributed by atoms with Crippen molar-refractivity contribution in [1.29, 1.82) is 0 Å². The third kappa shape index (κ3) is 1120. The van der Waals surface area contributed by atoms with Gasteiger partial charge in [-0.1, -0.05) is 0 Å². The molecular weight excluding hydrogens is 320 g/mol. The Bertz CT molecular complexity index is 162. The fourth-order valence-electron chi connectivity index (χ4n) is 0. The van der Waals surface area contributed by atoms with Gasteiger partial charge in [-0.05, 0) is 0 Å². The third-order valence-electron chi connectivity index (χ3n) is 0. The fraction of sp³-hybridized carbons (Fsp3) is 0.500. The average molecular weight is 336 g/mol. The number of hydrogen-bond acceptors (Lipinski definition) is 4. The second-order valence-corrected chi connectivity index (χ2v) is 2.08. The second-order valence-electron chi connectivity index (χ2n) is 2.08. The minimum atomic E-state index is -0.833. The first kappa shape index (κ1) is 29.6. The Morgan fingerprint density at radius 2 is 0.529 bits per heavy atom. The molecule has 0 atom stereocenters. The molecule has 0 radical (unpaired) electrons. The van der Waals surface area contributed by atoms with E-state index in [4.69, 9.17) is 39.6 Å². The van der Waals surface area contributed by atoms with Crippen LogP contribution in [0.3, 0.4) is 0 Å². The summed E-state index contributed by atoms with van der Waals surface area (Å²) in [7, 11) is 0. The molecule has 0 aromatic carbocycles. The molecule has 8 nitrogen and oxygen atoms in total. The van der Waals surface area contributed by atoms with Crippen molar-refractivity contribution < 1.29 is 60.7 Å². The minimum Gasteiger partial charge on any atom is -0.481 e. The summed E-state index contributed by atoms with van der Waals surface area (Å²) >= 11 is 0. The van der Waals surface area contributed by atoms with Gasteiger partial charge in [0.1, 0.15) is 0 Å². The van der Waals surface area contributed by atoms with Crippen molar-refractivity contribution in [3.63, 3.8) is 0 Å². The Labute approximate surface area is 113 Å². The molecule has 102 valence electrons. The van der Waals surface area contributed by atoms with E-state index in [0.29, 0.717) is 0 Å². The summed E-state index contributed by atoms with van der Waals surface area (Å²) in [6.07, 6.45) is 0. The fourth-order valence-corrected chi connectivity index (χ4v) is 0. The Morgan fingerprint density at radius 1 is 0.529 bits per heavy atom. The van der Waals surface area contributed by atoms with E-state index in [1.807, 2.05) is 0 Å². The number of carboxylic acids is 4. The SMILES string of the molecule is CC(=O)O.CC(=O)O.CC(=O)O.CC(=O)O.[Mo]. The summed E-state index contributed by atoms with van der Waals surface area (Å²) in [4.78, 5) is 36.0. The van der Waals surface area contributed by atoms with Crippen molar-refractivity contribution in [2.75, 3.05) is 0 Å². The third-order valence-corrected chi connectivity index (χ3v) is 0. The van der Waals surface area contributed by atoms with Crippen LogP contribution in [0.5, 0.6) is 0 Å². The molecular formula is C8H16MoO8. The van der Waals surface area contributed by atoms with Crippen LogP contribution < -0.4 is 0 Å². The molecule has 0 bridgehead atoms. The summed E-state index contributed by atoms with van der Waals surface area (Å²) in [6, 6.07) is 0. The molecule has 0 amide bonds. The van der Waals surface area contributed by atoms with E-state index in [1.165, 1.54) is 0 Å². The van der Waals surface area contributed by atoms with Crippen molar-refractivity contribution in [2.24, 2.45) is 0 Å². The Kier molecular flexibility index (Phi) is 41.8. The summed E-state index contributed by atoms with van der Waals surface area (Å²) in [5.41, 5.74) is 0. The molecule has 4 N–H and O–H groups in total. The standard InChI is InChI=1S/4C2H4O2.Mo/c4*1-2(3)4;/h4*1H3,(H,3,4);. The van der Waals surface area contributed by atoms with Crippen LogP contribution in [0.25, 0.3) is 0 Å². The monoisotopic (exact) mass is 338 g/mol. The summed E-state index contributed by atoms with van der Waals surface area (Å²) in [6.45, 7) is 4.33. The van der Waals surface area contributed by atoms with E-state index < -0.39 is 23.9 Å². The summed E-state index contributed by atoms with van der Waals surface area (Å²) in [5, 5.41) is 29.7. The topological polar surface area (TPSA) is 149 Å². The van der Waals surface area contributed by atoms with Crippen LogP contribution >= 0.6 is 0 Å². The van der Waals surface area contributed by atoms with Gasteiger partial charge < -0.3 is 20.4 Å². The zero-order chi connectivity index (χ0) is 14.3. The number of aliphatic carboxylic acids is 4. The number of rotatable bonds is 0. The predicted octanol–water partition coefficient (Wildman–Crippen LogP) is 0.361. The zero-order valence-electron chi connectivity index (χ0n) is 9.83. The van der Waals surface area contributed by atoms with E-state index in [1.54, 1.807) is 0 Å². The van der Waals surface area contributed by atoms with Crippen LogP contribution in [-0.4, -0.2) is 44.3 Å². The molecule has 0 aliphatic carbocycles. The van der Waals surface area contributed by atoms with Crippen LogP contribution in [0.1, 0.15) is 27.7 Å².